The number of rotatable bonds is 4. The number of aromatic nitrogens is 1. The second-order valence-corrected chi connectivity index (χ2v) is 5.41. The quantitative estimate of drug-likeness (QED) is 0.415. The van der Waals surface area contributed by atoms with Crippen molar-refractivity contribution in [3.63, 3.8) is 0 Å². The van der Waals surface area contributed by atoms with E-state index in [0.29, 0.717) is 10.7 Å². The van der Waals surface area contributed by atoms with Gasteiger partial charge in [0.25, 0.3) is 5.69 Å². The average Bonchev–Trinajstić information content (AvgIpc) is 2.94. The van der Waals surface area contributed by atoms with Crippen LogP contribution in [0, 0.1) is 10.1 Å². The minimum Gasteiger partial charge on any atom is -0.497 e. The van der Waals surface area contributed by atoms with Crippen LogP contribution in [0.5, 0.6) is 5.75 Å². The molecule has 0 aliphatic rings. The molecule has 1 heterocycles. The van der Waals surface area contributed by atoms with Crippen LogP contribution in [0.2, 0.25) is 0 Å². The molecule has 6 nitrogen and oxygen atoms in total. The van der Waals surface area contributed by atoms with Gasteiger partial charge in [-0.25, -0.2) is 9.98 Å². The van der Waals surface area contributed by atoms with Gasteiger partial charge in [0.2, 0.25) is 5.13 Å². The molecule has 1 aromatic heterocycles. The number of para-hydroxylation sites is 1. The Kier molecular flexibility index (Phi) is 3.80. The summed E-state index contributed by atoms with van der Waals surface area (Å²) < 4.78 is 6.12. The van der Waals surface area contributed by atoms with E-state index < -0.39 is 4.92 Å². The first-order valence-electron chi connectivity index (χ1n) is 6.39. The Morgan fingerprint density at radius 3 is 2.91 bits per heavy atom. The maximum Gasteiger partial charge on any atom is 0.278 e. The number of hydrogen-bond donors (Lipinski definition) is 0. The smallest absolute Gasteiger partial charge is 0.278 e. The van der Waals surface area contributed by atoms with E-state index in [1.807, 2.05) is 18.2 Å². The van der Waals surface area contributed by atoms with E-state index in [1.54, 1.807) is 25.3 Å². The number of thiazole rings is 1. The predicted octanol–water partition coefficient (Wildman–Crippen LogP) is 3.96. The maximum absolute atomic E-state index is 11.0. The molecule has 3 rings (SSSR count). The Bertz CT molecular complexity index is 873. The van der Waals surface area contributed by atoms with Gasteiger partial charge in [0.05, 0.1) is 27.8 Å². The second-order valence-electron chi connectivity index (χ2n) is 4.40. The molecular formula is C15H11N3O3S. The van der Waals surface area contributed by atoms with Crippen molar-refractivity contribution in [2.24, 2.45) is 4.99 Å². The summed E-state index contributed by atoms with van der Waals surface area (Å²) in [6.45, 7) is 0. The van der Waals surface area contributed by atoms with Gasteiger partial charge in [-0.3, -0.25) is 10.1 Å². The molecule has 0 spiro atoms. The first-order valence-corrected chi connectivity index (χ1v) is 7.21. The van der Waals surface area contributed by atoms with Gasteiger partial charge < -0.3 is 4.74 Å². The van der Waals surface area contributed by atoms with Gasteiger partial charge in [-0.15, -0.1) is 0 Å². The molecule has 0 aliphatic carbocycles. The third-order valence-corrected chi connectivity index (χ3v) is 3.96. The molecule has 7 heteroatoms. The first-order chi connectivity index (χ1) is 10.7. The van der Waals surface area contributed by atoms with Gasteiger partial charge in [0.1, 0.15) is 5.75 Å². The molecule has 2 aromatic carbocycles. The van der Waals surface area contributed by atoms with Gasteiger partial charge >= 0.3 is 0 Å². The van der Waals surface area contributed by atoms with Crippen LogP contribution < -0.4 is 4.74 Å². The lowest BCUT2D eigenvalue weighted by molar-refractivity contribution is -0.385. The Morgan fingerprint density at radius 2 is 2.14 bits per heavy atom. The number of nitrogens with zero attached hydrogens (tertiary/aromatic N) is 3. The van der Waals surface area contributed by atoms with Crippen molar-refractivity contribution in [2.75, 3.05) is 7.11 Å². The molecule has 0 N–H and O–H groups in total. The molecule has 3 aromatic rings. The van der Waals surface area contributed by atoms with Crippen molar-refractivity contribution in [1.29, 1.82) is 0 Å². The second kappa shape index (κ2) is 5.90. The number of hydrogen-bond acceptors (Lipinski definition) is 6. The SMILES string of the molecule is COc1ccc2nc(N=Cc3ccccc3[N+](=O)[O-])sc2c1. The van der Waals surface area contributed by atoms with Crippen LogP contribution in [-0.4, -0.2) is 23.2 Å². The fourth-order valence-corrected chi connectivity index (χ4v) is 2.80. The third kappa shape index (κ3) is 2.79. The van der Waals surface area contributed by atoms with E-state index in [2.05, 4.69) is 9.98 Å². The maximum atomic E-state index is 11.0. The molecule has 0 bridgehead atoms. The molecule has 0 saturated heterocycles. The number of benzene rings is 2. The largest absolute Gasteiger partial charge is 0.497 e. The minimum atomic E-state index is -0.426. The normalized spacial score (nSPS) is 11.1. The topological polar surface area (TPSA) is 77.6 Å². The Hall–Kier alpha value is -2.80. The summed E-state index contributed by atoms with van der Waals surface area (Å²) in [6, 6.07) is 12.0. The molecule has 0 radical (unpaired) electrons. The lowest BCUT2D eigenvalue weighted by Crippen LogP contribution is -1.93. The van der Waals surface area contributed by atoms with Crippen molar-refractivity contribution in [2.45, 2.75) is 0 Å². The lowest BCUT2D eigenvalue weighted by atomic mass is 10.2. The molecular weight excluding hydrogens is 302 g/mol. The molecule has 0 unspecified atom stereocenters. The highest BCUT2D eigenvalue weighted by molar-refractivity contribution is 7.22. The van der Waals surface area contributed by atoms with Crippen LogP contribution in [0.3, 0.4) is 0 Å². The highest BCUT2D eigenvalue weighted by atomic mass is 32.1. The summed E-state index contributed by atoms with van der Waals surface area (Å²) in [5.41, 5.74) is 1.29. The van der Waals surface area contributed by atoms with E-state index in [1.165, 1.54) is 23.6 Å². The highest BCUT2D eigenvalue weighted by Crippen LogP contribution is 2.31. The summed E-state index contributed by atoms with van der Waals surface area (Å²) in [6.07, 6.45) is 1.47. The average molecular weight is 313 g/mol. The van der Waals surface area contributed by atoms with Crippen molar-refractivity contribution in [3.05, 3.63) is 58.1 Å². The van der Waals surface area contributed by atoms with Gasteiger partial charge in [0.15, 0.2) is 0 Å². The number of ether oxygens (including phenoxy) is 1. The summed E-state index contributed by atoms with van der Waals surface area (Å²) >= 11 is 1.40. The van der Waals surface area contributed by atoms with Gasteiger partial charge in [-0.05, 0) is 24.3 Å². The zero-order chi connectivity index (χ0) is 15.5. The van der Waals surface area contributed by atoms with Crippen LogP contribution in [0.15, 0.2) is 47.5 Å². The zero-order valence-corrected chi connectivity index (χ0v) is 12.4. The Morgan fingerprint density at radius 1 is 1.32 bits per heavy atom. The van der Waals surface area contributed by atoms with Gasteiger partial charge in [-0.2, -0.15) is 0 Å². The molecule has 0 aliphatic heterocycles. The van der Waals surface area contributed by atoms with E-state index in [9.17, 15) is 10.1 Å². The number of fused-ring (bicyclic) bond motifs is 1. The van der Waals surface area contributed by atoms with Gasteiger partial charge in [0, 0.05) is 12.3 Å². The van der Waals surface area contributed by atoms with Crippen molar-refractivity contribution in [1.82, 2.24) is 4.98 Å². The third-order valence-electron chi connectivity index (χ3n) is 3.03. The van der Waals surface area contributed by atoms with Crippen molar-refractivity contribution >= 4 is 38.6 Å². The zero-order valence-electron chi connectivity index (χ0n) is 11.6. The Labute approximate surface area is 129 Å². The standard InChI is InChI=1S/C15H11N3O3S/c1-21-11-6-7-12-14(8-11)22-15(17-12)16-9-10-4-2-3-5-13(10)18(19)20/h2-9H,1H3. The van der Waals surface area contributed by atoms with E-state index in [0.717, 1.165) is 16.0 Å². The monoisotopic (exact) mass is 313 g/mol. The molecule has 0 fully saturated rings. The number of aliphatic imine (C=N–C) groups is 1. The van der Waals surface area contributed by atoms with E-state index in [4.69, 9.17) is 4.74 Å². The van der Waals surface area contributed by atoms with Crippen molar-refractivity contribution in [3.8, 4) is 5.75 Å². The Balaban J connectivity index is 1.94. The molecule has 0 amide bonds. The van der Waals surface area contributed by atoms with E-state index in [-0.39, 0.29) is 5.69 Å². The van der Waals surface area contributed by atoms with E-state index >= 15 is 0 Å². The predicted molar refractivity (Wildman–Crippen MR) is 86.5 cm³/mol. The molecule has 0 saturated carbocycles. The van der Waals surface area contributed by atoms with Crippen LogP contribution >= 0.6 is 11.3 Å². The summed E-state index contributed by atoms with van der Waals surface area (Å²) in [5.74, 6) is 0.755. The van der Waals surface area contributed by atoms with Crippen LogP contribution in [0.1, 0.15) is 5.56 Å². The fraction of sp³-hybridized carbons (Fsp3) is 0.0667. The summed E-state index contributed by atoms with van der Waals surface area (Å²) in [5, 5.41) is 11.5. The van der Waals surface area contributed by atoms with Crippen LogP contribution in [0.4, 0.5) is 10.8 Å². The van der Waals surface area contributed by atoms with Crippen LogP contribution in [0.25, 0.3) is 10.2 Å². The minimum absolute atomic E-state index is 0.0223. The van der Waals surface area contributed by atoms with Gasteiger partial charge in [-0.1, -0.05) is 23.5 Å². The number of methoxy groups -OCH3 is 1. The first kappa shape index (κ1) is 14.2. The summed E-state index contributed by atoms with van der Waals surface area (Å²) in [4.78, 5) is 19.2. The molecule has 110 valence electrons. The number of nitro groups is 1. The lowest BCUT2D eigenvalue weighted by Gasteiger charge is -1.96. The van der Waals surface area contributed by atoms with Crippen LogP contribution in [-0.2, 0) is 0 Å². The number of nitro benzene ring substituents is 1. The molecule has 0 atom stereocenters. The molecule has 22 heavy (non-hydrogen) atoms. The highest BCUT2D eigenvalue weighted by Gasteiger charge is 2.10. The summed E-state index contributed by atoms with van der Waals surface area (Å²) in [7, 11) is 1.61. The van der Waals surface area contributed by atoms with Crippen molar-refractivity contribution < 1.29 is 9.66 Å². The fourth-order valence-electron chi connectivity index (χ4n) is 1.96.